The average Bonchev–Trinajstić information content (AvgIpc) is 2.91. The molecule has 0 atom stereocenters. The molecule has 0 bridgehead atoms. The molecule has 1 amide bonds. The van der Waals surface area contributed by atoms with Gasteiger partial charge >= 0.3 is 0 Å². The van der Waals surface area contributed by atoms with Gasteiger partial charge in [0, 0.05) is 6.54 Å². The molecule has 5 nitrogen and oxygen atoms in total. The van der Waals surface area contributed by atoms with Crippen molar-refractivity contribution in [2.45, 2.75) is 12.2 Å². The van der Waals surface area contributed by atoms with Gasteiger partial charge in [0.05, 0.1) is 11.5 Å². The maximum absolute atomic E-state index is 12.0. The summed E-state index contributed by atoms with van der Waals surface area (Å²) >= 11 is 3.11. The van der Waals surface area contributed by atoms with Crippen LogP contribution in [0.25, 0.3) is 0 Å². The van der Waals surface area contributed by atoms with Crippen molar-refractivity contribution >= 4 is 31.7 Å². The monoisotopic (exact) mass is 385 g/mol. The van der Waals surface area contributed by atoms with Crippen LogP contribution < -0.4 is 5.32 Å². The van der Waals surface area contributed by atoms with E-state index in [0.717, 1.165) is 5.56 Å². The van der Waals surface area contributed by atoms with Crippen LogP contribution in [0.15, 0.2) is 51.6 Å². The van der Waals surface area contributed by atoms with Gasteiger partial charge in [0.15, 0.2) is 20.3 Å². The number of carbonyl (C=O) groups excluding carboxylic acids is 1. The van der Waals surface area contributed by atoms with Crippen LogP contribution in [0.2, 0.25) is 0 Å². The van der Waals surface area contributed by atoms with Crippen molar-refractivity contribution in [3.8, 4) is 0 Å². The lowest BCUT2D eigenvalue weighted by molar-refractivity contribution is 0.0924. The Labute approximate surface area is 137 Å². The third-order valence-corrected chi connectivity index (χ3v) is 5.05. The smallest absolute Gasteiger partial charge is 0.287 e. The number of sulfone groups is 1. The summed E-state index contributed by atoms with van der Waals surface area (Å²) in [5.74, 6) is -0.109. The molecule has 1 N–H and O–H groups in total. The van der Waals surface area contributed by atoms with E-state index in [4.69, 9.17) is 4.42 Å². The van der Waals surface area contributed by atoms with Crippen molar-refractivity contribution in [3.63, 3.8) is 0 Å². The van der Waals surface area contributed by atoms with E-state index in [9.17, 15) is 13.2 Å². The van der Waals surface area contributed by atoms with Gasteiger partial charge in [0.1, 0.15) is 0 Å². The molecule has 0 unspecified atom stereocenters. The highest BCUT2D eigenvalue weighted by Gasteiger charge is 2.13. The third-order valence-electron chi connectivity index (χ3n) is 2.94. The van der Waals surface area contributed by atoms with Gasteiger partial charge in [-0.05, 0) is 40.0 Å². The summed E-state index contributed by atoms with van der Waals surface area (Å²) in [7, 11) is -3.18. The Kier molecular flexibility index (Phi) is 5.79. The van der Waals surface area contributed by atoms with E-state index in [0.29, 0.717) is 11.1 Å². The Hall–Kier alpha value is -1.60. The molecule has 0 aliphatic heterocycles. The van der Waals surface area contributed by atoms with E-state index in [1.807, 2.05) is 18.2 Å². The molecule has 0 radical (unpaired) electrons. The average molecular weight is 386 g/mol. The normalized spacial score (nSPS) is 11.3. The predicted molar refractivity (Wildman–Crippen MR) is 87.3 cm³/mol. The van der Waals surface area contributed by atoms with E-state index in [2.05, 4.69) is 21.2 Å². The van der Waals surface area contributed by atoms with Gasteiger partial charge in [-0.1, -0.05) is 30.3 Å². The molecule has 2 rings (SSSR count). The van der Waals surface area contributed by atoms with Crippen LogP contribution in [-0.4, -0.2) is 26.6 Å². The molecule has 0 saturated carbocycles. The van der Waals surface area contributed by atoms with Gasteiger partial charge < -0.3 is 9.73 Å². The third kappa shape index (κ3) is 5.31. The maximum atomic E-state index is 12.0. The van der Waals surface area contributed by atoms with Gasteiger partial charge in [-0.15, -0.1) is 0 Å². The van der Waals surface area contributed by atoms with Crippen LogP contribution in [0.5, 0.6) is 0 Å². The van der Waals surface area contributed by atoms with E-state index < -0.39 is 9.84 Å². The van der Waals surface area contributed by atoms with Gasteiger partial charge in [0.25, 0.3) is 5.91 Å². The number of amides is 1. The molecule has 0 spiro atoms. The molecule has 1 heterocycles. The fourth-order valence-electron chi connectivity index (χ4n) is 1.92. The summed E-state index contributed by atoms with van der Waals surface area (Å²) in [6.45, 7) is 0.283. The van der Waals surface area contributed by atoms with E-state index >= 15 is 0 Å². The quantitative estimate of drug-likeness (QED) is 0.743. The second kappa shape index (κ2) is 7.60. The zero-order chi connectivity index (χ0) is 16.0. The second-order valence-corrected chi connectivity index (χ2v) is 7.76. The van der Waals surface area contributed by atoms with E-state index in [1.165, 1.54) is 0 Å². The molecule has 1 aromatic carbocycles. The summed E-state index contributed by atoms with van der Waals surface area (Å²) in [6.07, 6.45) is 0.364. The SMILES string of the molecule is O=C(NCCCS(=O)(=O)Cc1ccccc1)c1ccc(Br)o1. The Balaban J connectivity index is 1.75. The fourth-order valence-corrected chi connectivity index (χ4v) is 3.65. The number of rotatable bonds is 7. The molecule has 2 aromatic rings. The first-order valence-corrected chi connectivity index (χ1v) is 9.35. The topological polar surface area (TPSA) is 76.4 Å². The van der Waals surface area contributed by atoms with E-state index in [-0.39, 0.29) is 29.7 Å². The summed E-state index contributed by atoms with van der Waals surface area (Å²) in [4.78, 5) is 11.7. The van der Waals surface area contributed by atoms with Crippen molar-refractivity contribution in [2.24, 2.45) is 0 Å². The van der Waals surface area contributed by atoms with Crippen molar-refractivity contribution in [2.75, 3.05) is 12.3 Å². The standard InChI is InChI=1S/C15H16BrNO4S/c16-14-8-7-13(21-14)15(18)17-9-4-10-22(19,20)11-12-5-2-1-3-6-12/h1-3,5-8H,4,9-11H2,(H,17,18). The number of carbonyl (C=O) groups is 1. The number of benzene rings is 1. The van der Waals surface area contributed by atoms with Gasteiger partial charge in [-0.3, -0.25) is 4.79 Å². The lowest BCUT2D eigenvalue weighted by Gasteiger charge is -2.05. The lowest BCUT2D eigenvalue weighted by Crippen LogP contribution is -2.25. The minimum absolute atomic E-state index is 0.0208. The van der Waals surface area contributed by atoms with E-state index in [1.54, 1.807) is 24.3 Å². The second-order valence-electron chi connectivity index (χ2n) is 4.79. The molecular weight excluding hydrogens is 370 g/mol. The Morgan fingerprint density at radius 1 is 1.14 bits per heavy atom. The van der Waals surface area contributed by atoms with Gasteiger partial charge in [-0.25, -0.2) is 8.42 Å². The molecular formula is C15H16BrNO4S. The fraction of sp³-hybridized carbons (Fsp3) is 0.267. The van der Waals surface area contributed by atoms with Gasteiger partial charge in [0.2, 0.25) is 0 Å². The van der Waals surface area contributed by atoms with Crippen molar-refractivity contribution in [3.05, 3.63) is 58.5 Å². The summed E-state index contributed by atoms with van der Waals surface area (Å²) < 4.78 is 29.5. The lowest BCUT2D eigenvalue weighted by atomic mass is 10.2. The number of nitrogens with one attached hydrogen (secondary N) is 1. The highest BCUT2D eigenvalue weighted by molar-refractivity contribution is 9.10. The van der Waals surface area contributed by atoms with Crippen LogP contribution in [0.3, 0.4) is 0 Å². The van der Waals surface area contributed by atoms with Crippen LogP contribution in [0, 0.1) is 0 Å². The minimum Gasteiger partial charge on any atom is -0.444 e. The molecule has 0 saturated heterocycles. The number of hydrogen-bond donors (Lipinski definition) is 1. The molecule has 7 heteroatoms. The van der Waals surface area contributed by atoms with Crippen LogP contribution >= 0.6 is 15.9 Å². The first kappa shape index (κ1) is 16.8. The number of hydrogen-bond acceptors (Lipinski definition) is 4. The highest BCUT2D eigenvalue weighted by Crippen LogP contribution is 2.13. The zero-order valence-electron chi connectivity index (χ0n) is 11.8. The summed E-state index contributed by atoms with van der Waals surface area (Å²) in [6, 6.07) is 12.2. The largest absolute Gasteiger partial charge is 0.444 e. The number of halogens is 1. The molecule has 0 aliphatic rings. The predicted octanol–water partition coefficient (Wildman–Crippen LogP) is 2.78. The van der Waals surface area contributed by atoms with Crippen molar-refractivity contribution in [1.29, 1.82) is 0 Å². The van der Waals surface area contributed by atoms with Crippen molar-refractivity contribution < 1.29 is 17.6 Å². The summed E-state index contributed by atoms with van der Waals surface area (Å²) in [5.41, 5.74) is 0.770. The molecule has 1 aromatic heterocycles. The maximum Gasteiger partial charge on any atom is 0.287 e. The Bertz CT molecular complexity index is 725. The van der Waals surface area contributed by atoms with Crippen LogP contribution in [-0.2, 0) is 15.6 Å². The molecule has 0 fully saturated rings. The number of furan rings is 1. The van der Waals surface area contributed by atoms with Crippen LogP contribution in [0.4, 0.5) is 0 Å². The molecule has 22 heavy (non-hydrogen) atoms. The van der Waals surface area contributed by atoms with Crippen molar-refractivity contribution in [1.82, 2.24) is 5.32 Å². The summed E-state index contributed by atoms with van der Waals surface area (Å²) in [5, 5.41) is 2.63. The minimum atomic E-state index is -3.18. The molecule has 118 valence electrons. The Morgan fingerprint density at radius 3 is 2.50 bits per heavy atom. The Morgan fingerprint density at radius 2 is 1.86 bits per heavy atom. The first-order valence-electron chi connectivity index (χ1n) is 6.74. The first-order chi connectivity index (χ1) is 10.5. The van der Waals surface area contributed by atoms with Gasteiger partial charge in [-0.2, -0.15) is 0 Å². The highest BCUT2D eigenvalue weighted by atomic mass is 79.9. The zero-order valence-corrected chi connectivity index (χ0v) is 14.2. The molecule has 0 aliphatic carbocycles. The van der Waals surface area contributed by atoms with Crippen LogP contribution in [0.1, 0.15) is 22.5 Å².